The maximum absolute atomic E-state index is 11.3. The summed E-state index contributed by atoms with van der Waals surface area (Å²) in [5.74, 6) is 1.46. The van der Waals surface area contributed by atoms with E-state index < -0.39 is 15.7 Å². The van der Waals surface area contributed by atoms with Crippen LogP contribution in [0.15, 0.2) is 0 Å². The zero-order valence-corrected chi connectivity index (χ0v) is 11.6. The second-order valence-electron chi connectivity index (χ2n) is 3.71. The molecule has 1 aromatic rings. The lowest BCUT2D eigenvalue weighted by Crippen LogP contribution is -2.15. The van der Waals surface area contributed by atoms with Crippen LogP contribution < -0.4 is 5.32 Å². The Balaban J connectivity index is 2.85. The highest BCUT2D eigenvalue weighted by Gasteiger charge is 2.24. The van der Waals surface area contributed by atoms with Crippen molar-refractivity contribution in [3.63, 3.8) is 0 Å². The second kappa shape index (κ2) is 6.48. The molecule has 0 radical (unpaired) electrons. The standard InChI is InChI=1S/C10H18N4O3S/c1-4-13-10(11-6-7-18(17)5-2)9(14(15)16)8(3)12-13/h11H,4-7H2,1-3H3. The predicted octanol–water partition coefficient (Wildman–Crippen LogP) is 1.30. The van der Waals surface area contributed by atoms with Crippen molar-refractivity contribution >= 4 is 22.3 Å². The number of anilines is 1. The van der Waals surface area contributed by atoms with Crippen molar-refractivity contribution in [2.75, 3.05) is 23.4 Å². The normalized spacial score (nSPS) is 12.4. The van der Waals surface area contributed by atoms with Crippen LogP contribution in [0.25, 0.3) is 0 Å². The van der Waals surface area contributed by atoms with E-state index in [0.717, 1.165) is 0 Å². The molecule has 1 atom stereocenters. The molecule has 1 heterocycles. The molecule has 0 aromatic carbocycles. The summed E-state index contributed by atoms with van der Waals surface area (Å²) >= 11 is 0. The van der Waals surface area contributed by atoms with Crippen molar-refractivity contribution in [3.05, 3.63) is 15.8 Å². The van der Waals surface area contributed by atoms with Crippen LogP contribution in [0.4, 0.5) is 11.5 Å². The van der Waals surface area contributed by atoms with Gasteiger partial charge in [-0.2, -0.15) is 5.10 Å². The van der Waals surface area contributed by atoms with E-state index in [0.29, 0.717) is 36.1 Å². The fourth-order valence-corrected chi connectivity index (χ4v) is 2.24. The maximum Gasteiger partial charge on any atom is 0.333 e. The van der Waals surface area contributed by atoms with E-state index >= 15 is 0 Å². The topological polar surface area (TPSA) is 90.1 Å². The predicted molar refractivity (Wildman–Crippen MR) is 71.3 cm³/mol. The average Bonchev–Trinajstić information content (AvgIpc) is 2.65. The van der Waals surface area contributed by atoms with E-state index in [1.54, 1.807) is 11.6 Å². The van der Waals surface area contributed by atoms with Gasteiger partial charge in [-0.05, 0) is 13.8 Å². The molecule has 18 heavy (non-hydrogen) atoms. The van der Waals surface area contributed by atoms with Crippen molar-refractivity contribution in [1.29, 1.82) is 0 Å². The first-order valence-electron chi connectivity index (χ1n) is 5.81. The van der Waals surface area contributed by atoms with Gasteiger partial charge >= 0.3 is 5.69 Å². The van der Waals surface area contributed by atoms with Crippen LogP contribution in [-0.4, -0.2) is 37.0 Å². The van der Waals surface area contributed by atoms with Gasteiger partial charge in [0.1, 0.15) is 5.69 Å². The van der Waals surface area contributed by atoms with E-state index in [1.807, 2.05) is 13.8 Å². The van der Waals surface area contributed by atoms with Gasteiger partial charge in [0.2, 0.25) is 5.82 Å². The first-order valence-corrected chi connectivity index (χ1v) is 7.30. The number of nitro groups is 1. The van der Waals surface area contributed by atoms with Gasteiger partial charge < -0.3 is 5.32 Å². The second-order valence-corrected chi connectivity index (χ2v) is 5.58. The van der Waals surface area contributed by atoms with Crippen LogP contribution in [0.2, 0.25) is 0 Å². The largest absolute Gasteiger partial charge is 0.364 e. The van der Waals surface area contributed by atoms with Gasteiger partial charge in [0.05, 0.1) is 4.92 Å². The number of aryl methyl sites for hydroxylation is 2. The van der Waals surface area contributed by atoms with Crippen LogP contribution in [0.3, 0.4) is 0 Å². The Morgan fingerprint density at radius 3 is 2.67 bits per heavy atom. The monoisotopic (exact) mass is 274 g/mol. The van der Waals surface area contributed by atoms with Crippen LogP contribution in [-0.2, 0) is 17.3 Å². The Morgan fingerprint density at radius 2 is 2.17 bits per heavy atom. The molecule has 0 saturated heterocycles. The minimum Gasteiger partial charge on any atom is -0.364 e. The summed E-state index contributed by atoms with van der Waals surface area (Å²) in [5, 5.41) is 18.0. The van der Waals surface area contributed by atoms with Gasteiger partial charge in [-0.15, -0.1) is 0 Å². The van der Waals surface area contributed by atoms with Crippen LogP contribution >= 0.6 is 0 Å². The minimum absolute atomic E-state index is 0.000805. The van der Waals surface area contributed by atoms with Crippen LogP contribution in [0.1, 0.15) is 19.5 Å². The Hall–Kier alpha value is -1.44. The third-order valence-electron chi connectivity index (χ3n) is 2.52. The molecule has 1 N–H and O–H groups in total. The molecule has 0 aliphatic heterocycles. The van der Waals surface area contributed by atoms with Crippen LogP contribution in [0, 0.1) is 17.0 Å². The van der Waals surface area contributed by atoms with Gasteiger partial charge in [0.15, 0.2) is 0 Å². The fraction of sp³-hybridized carbons (Fsp3) is 0.700. The Morgan fingerprint density at radius 1 is 1.50 bits per heavy atom. The molecule has 0 bridgehead atoms. The molecule has 0 fully saturated rings. The number of nitrogens with zero attached hydrogens (tertiary/aromatic N) is 3. The maximum atomic E-state index is 11.3. The quantitative estimate of drug-likeness (QED) is 0.598. The lowest BCUT2D eigenvalue weighted by Gasteiger charge is -2.06. The van der Waals surface area contributed by atoms with Crippen molar-refractivity contribution in [1.82, 2.24) is 9.78 Å². The molecule has 0 spiro atoms. The number of aromatic nitrogens is 2. The zero-order chi connectivity index (χ0) is 13.7. The third-order valence-corrected chi connectivity index (χ3v) is 3.83. The summed E-state index contributed by atoms with van der Waals surface area (Å²) in [7, 11) is -0.882. The highest BCUT2D eigenvalue weighted by molar-refractivity contribution is 7.84. The van der Waals surface area contributed by atoms with E-state index in [4.69, 9.17) is 0 Å². The number of rotatable bonds is 7. The molecule has 0 aliphatic carbocycles. The molecule has 7 nitrogen and oxygen atoms in total. The van der Waals surface area contributed by atoms with Crippen molar-refractivity contribution in [2.24, 2.45) is 0 Å². The SMILES string of the molecule is CCn1nc(C)c([N+](=O)[O-])c1NCCS(=O)CC. The first-order chi connectivity index (χ1) is 8.51. The van der Waals surface area contributed by atoms with Gasteiger partial charge in [-0.1, -0.05) is 6.92 Å². The number of hydrogen-bond donors (Lipinski definition) is 1. The third kappa shape index (κ3) is 3.28. The molecule has 0 amide bonds. The summed E-state index contributed by atoms with van der Waals surface area (Å²) in [5.41, 5.74) is 0.389. The van der Waals surface area contributed by atoms with E-state index in [1.165, 1.54) is 0 Å². The van der Waals surface area contributed by atoms with Gasteiger partial charge in [0, 0.05) is 35.4 Å². The van der Waals surface area contributed by atoms with E-state index in [2.05, 4.69) is 10.4 Å². The number of hydrogen-bond acceptors (Lipinski definition) is 5. The van der Waals surface area contributed by atoms with E-state index in [-0.39, 0.29) is 5.69 Å². The minimum atomic E-state index is -0.882. The first kappa shape index (κ1) is 14.6. The highest BCUT2D eigenvalue weighted by Crippen LogP contribution is 2.27. The molecule has 0 aliphatic rings. The molecule has 8 heteroatoms. The van der Waals surface area contributed by atoms with Crippen molar-refractivity contribution in [2.45, 2.75) is 27.3 Å². The Bertz CT molecular complexity index is 458. The average molecular weight is 274 g/mol. The Labute approximate surface area is 108 Å². The van der Waals surface area contributed by atoms with Crippen LogP contribution in [0.5, 0.6) is 0 Å². The molecular formula is C10H18N4O3S. The molecule has 0 saturated carbocycles. The van der Waals surface area contributed by atoms with E-state index in [9.17, 15) is 14.3 Å². The molecular weight excluding hydrogens is 256 g/mol. The van der Waals surface area contributed by atoms with Gasteiger partial charge in [-0.3, -0.25) is 14.3 Å². The summed E-state index contributed by atoms with van der Waals surface area (Å²) in [6, 6.07) is 0. The fourth-order valence-electron chi connectivity index (χ4n) is 1.62. The van der Waals surface area contributed by atoms with Gasteiger partial charge in [-0.25, -0.2) is 4.68 Å². The van der Waals surface area contributed by atoms with Crippen molar-refractivity contribution < 1.29 is 9.13 Å². The molecule has 1 aromatic heterocycles. The lowest BCUT2D eigenvalue weighted by molar-refractivity contribution is -0.384. The lowest BCUT2D eigenvalue weighted by atomic mass is 10.4. The molecule has 102 valence electrons. The zero-order valence-electron chi connectivity index (χ0n) is 10.8. The summed E-state index contributed by atoms with van der Waals surface area (Å²) in [6.07, 6.45) is 0. The highest BCUT2D eigenvalue weighted by atomic mass is 32.2. The summed E-state index contributed by atoms with van der Waals surface area (Å²) in [4.78, 5) is 10.5. The Kier molecular flexibility index (Phi) is 5.26. The van der Waals surface area contributed by atoms with Crippen molar-refractivity contribution in [3.8, 4) is 0 Å². The smallest absolute Gasteiger partial charge is 0.333 e. The summed E-state index contributed by atoms with van der Waals surface area (Å²) < 4.78 is 12.9. The molecule has 1 unspecified atom stereocenters. The molecule has 1 rings (SSSR count). The number of nitrogens with one attached hydrogen (secondary N) is 1. The summed E-state index contributed by atoms with van der Waals surface area (Å²) in [6.45, 7) is 6.31. The van der Waals surface area contributed by atoms with Gasteiger partial charge in [0.25, 0.3) is 0 Å².